The summed E-state index contributed by atoms with van der Waals surface area (Å²) >= 11 is 0. The molecule has 0 unspecified atom stereocenters. The van der Waals surface area contributed by atoms with Crippen LogP contribution in [0.15, 0.2) is 41.8 Å². The topological polar surface area (TPSA) is 129 Å². The molecule has 0 spiro atoms. The van der Waals surface area contributed by atoms with Crippen LogP contribution in [0, 0.1) is 0 Å². The number of aromatic nitrogens is 1. The highest BCUT2D eigenvalue weighted by Crippen LogP contribution is 2.31. The van der Waals surface area contributed by atoms with E-state index in [1.54, 1.807) is 25.3 Å². The quantitative estimate of drug-likeness (QED) is 0.115. The standard InChI is InChI=1S/C24H36F2N6O.C2H4O.C2H6.CH4O/c1-4-9-18(10-8-15-33)16-30(2)17-21(31(3)28)22(27)19-11-12-20(23(29-19)24(25)26)32-13-6-5-7-14-32;1-2-3;2*1-2/h8,10-12,15-16,24H,4-7,9,13-14,17,27-28H2,1-3H3;2H,1H3;1-2H3;2H,1H3/b10-8-,18-16-,22-21-;;;. The number of aliphatic hydroxyl groups excluding tert-OH is 1. The van der Waals surface area contributed by atoms with Crippen LogP contribution in [0.3, 0.4) is 0 Å². The van der Waals surface area contributed by atoms with Gasteiger partial charge in [0.05, 0.1) is 29.3 Å². The van der Waals surface area contributed by atoms with Gasteiger partial charge < -0.3 is 30.4 Å². The zero-order chi connectivity index (χ0) is 31.1. The molecule has 5 N–H and O–H groups in total. The van der Waals surface area contributed by atoms with Gasteiger partial charge in [0.2, 0.25) is 0 Å². The number of hydrogen-bond acceptors (Lipinski definition) is 9. The number of hydrazine groups is 1. The lowest BCUT2D eigenvalue weighted by molar-refractivity contribution is -0.106. The maximum absolute atomic E-state index is 13.9. The van der Waals surface area contributed by atoms with Crippen LogP contribution in [0.25, 0.3) is 5.70 Å². The minimum Gasteiger partial charge on any atom is -0.400 e. The highest BCUT2D eigenvalue weighted by molar-refractivity contribution is 5.66. The van der Waals surface area contributed by atoms with E-state index in [0.717, 1.165) is 70.4 Å². The van der Waals surface area contributed by atoms with E-state index in [0.29, 0.717) is 17.9 Å². The SMILES string of the molecule is CC.CC=O.CCCC(/C=C\C=O)=C/N(C)C/C(=C(/N)c1ccc(N2CCCCC2)c(C(F)F)n1)N(C)N.CO. The van der Waals surface area contributed by atoms with Crippen LogP contribution in [0.5, 0.6) is 0 Å². The zero-order valence-electron chi connectivity index (χ0n) is 25.2. The van der Waals surface area contributed by atoms with Crippen molar-refractivity contribution >= 4 is 24.0 Å². The van der Waals surface area contributed by atoms with Crippen LogP contribution in [-0.4, -0.2) is 73.4 Å². The normalized spacial score (nSPS) is 13.6. The van der Waals surface area contributed by atoms with Gasteiger partial charge in [-0.25, -0.2) is 19.6 Å². The summed E-state index contributed by atoms with van der Waals surface area (Å²) in [4.78, 5) is 27.6. The summed E-state index contributed by atoms with van der Waals surface area (Å²) in [6, 6.07) is 3.36. The van der Waals surface area contributed by atoms with Gasteiger partial charge in [-0.05, 0) is 56.4 Å². The van der Waals surface area contributed by atoms with E-state index in [9.17, 15) is 13.6 Å². The second kappa shape index (κ2) is 23.6. The van der Waals surface area contributed by atoms with Gasteiger partial charge in [-0.3, -0.25) is 4.79 Å². The fourth-order valence-corrected chi connectivity index (χ4v) is 3.92. The maximum Gasteiger partial charge on any atom is 0.282 e. The Morgan fingerprint density at radius 2 is 1.73 bits per heavy atom. The number of aliphatic hydroxyl groups is 1. The first-order chi connectivity index (χ1) is 19.2. The van der Waals surface area contributed by atoms with E-state index in [-0.39, 0.29) is 17.1 Å². The number of aldehydes is 2. The molecule has 1 aromatic rings. The molecule has 11 heteroatoms. The zero-order valence-corrected chi connectivity index (χ0v) is 25.2. The predicted molar refractivity (Wildman–Crippen MR) is 160 cm³/mol. The van der Waals surface area contributed by atoms with Crippen molar-refractivity contribution in [2.24, 2.45) is 11.6 Å². The van der Waals surface area contributed by atoms with Crippen LogP contribution in [0.2, 0.25) is 0 Å². The maximum atomic E-state index is 13.9. The van der Waals surface area contributed by atoms with Crippen LogP contribution in [-0.2, 0) is 9.59 Å². The van der Waals surface area contributed by atoms with Gasteiger partial charge in [0.25, 0.3) is 6.43 Å². The summed E-state index contributed by atoms with van der Waals surface area (Å²) < 4.78 is 27.8. The average molecular weight is 569 g/mol. The number of nitrogens with two attached hydrogens (primary N) is 2. The average Bonchev–Trinajstić information content (AvgIpc) is 2.97. The third-order valence-corrected chi connectivity index (χ3v) is 5.53. The number of rotatable bonds is 11. The summed E-state index contributed by atoms with van der Waals surface area (Å²) in [7, 11) is 4.51. The molecule has 0 aromatic carbocycles. The number of piperidine rings is 1. The molecule has 0 aliphatic carbocycles. The highest BCUT2D eigenvalue weighted by Gasteiger charge is 2.23. The van der Waals surface area contributed by atoms with Gasteiger partial charge >= 0.3 is 0 Å². The Kier molecular flexibility index (Phi) is 22.9. The van der Waals surface area contributed by atoms with Crippen LogP contribution < -0.4 is 16.5 Å². The van der Waals surface area contributed by atoms with Crippen molar-refractivity contribution in [1.82, 2.24) is 14.9 Å². The number of nitrogens with zero attached hydrogens (tertiary/aromatic N) is 4. The molecular weight excluding hydrogens is 518 g/mol. The minimum atomic E-state index is -2.71. The summed E-state index contributed by atoms with van der Waals surface area (Å²) in [6.45, 7) is 9.33. The largest absolute Gasteiger partial charge is 0.400 e. The number of alkyl halides is 2. The lowest BCUT2D eigenvalue weighted by Crippen LogP contribution is -2.34. The van der Waals surface area contributed by atoms with Crippen LogP contribution in [0.1, 0.15) is 77.6 Å². The molecule has 0 amide bonds. The number of carbonyl (C=O) groups excluding carboxylic acids is 2. The Hall–Kier alpha value is -3.31. The number of allylic oxidation sites excluding steroid dienone is 3. The van der Waals surface area contributed by atoms with Crippen molar-refractivity contribution in [3.63, 3.8) is 0 Å². The second-order valence-electron chi connectivity index (χ2n) is 8.52. The molecule has 2 rings (SSSR count). The van der Waals surface area contributed by atoms with Crippen LogP contribution >= 0.6 is 0 Å². The Balaban J connectivity index is 0. The molecule has 0 atom stereocenters. The summed E-state index contributed by atoms with van der Waals surface area (Å²) in [5.74, 6) is 6.04. The van der Waals surface area contributed by atoms with Gasteiger partial charge in [-0.15, -0.1) is 0 Å². The van der Waals surface area contributed by atoms with E-state index < -0.39 is 6.43 Å². The van der Waals surface area contributed by atoms with Gasteiger partial charge in [0.1, 0.15) is 18.3 Å². The number of anilines is 1. The third-order valence-electron chi connectivity index (χ3n) is 5.53. The van der Waals surface area contributed by atoms with Crippen molar-refractivity contribution in [1.29, 1.82) is 0 Å². The number of carbonyl (C=O) groups is 2. The number of pyridine rings is 1. The van der Waals surface area contributed by atoms with Crippen molar-refractivity contribution in [3.8, 4) is 0 Å². The molecule has 1 aromatic heterocycles. The van der Waals surface area contributed by atoms with Crippen molar-refractivity contribution in [2.75, 3.05) is 45.7 Å². The number of likely N-dealkylation sites (N-methyl/N-ethyl adjacent to an activating group) is 2. The highest BCUT2D eigenvalue weighted by atomic mass is 19.3. The minimum absolute atomic E-state index is 0.243. The van der Waals surface area contributed by atoms with Gasteiger partial charge in [0, 0.05) is 40.5 Å². The smallest absolute Gasteiger partial charge is 0.282 e. The monoisotopic (exact) mass is 568 g/mol. The molecule has 228 valence electrons. The Labute approximate surface area is 239 Å². The second-order valence-corrected chi connectivity index (χ2v) is 8.52. The van der Waals surface area contributed by atoms with Crippen molar-refractivity contribution in [2.45, 2.75) is 66.2 Å². The fourth-order valence-electron chi connectivity index (χ4n) is 3.92. The molecule has 0 bridgehead atoms. The van der Waals surface area contributed by atoms with Gasteiger partial charge in [-0.1, -0.05) is 33.3 Å². The molecule has 1 fully saturated rings. The molecule has 1 aliphatic rings. The lowest BCUT2D eigenvalue weighted by Gasteiger charge is -2.30. The summed E-state index contributed by atoms with van der Waals surface area (Å²) in [6.07, 6.45) is 8.72. The van der Waals surface area contributed by atoms with E-state index in [1.165, 1.54) is 18.0 Å². The molecule has 0 saturated carbocycles. The van der Waals surface area contributed by atoms with Crippen molar-refractivity contribution in [3.05, 3.63) is 53.1 Å². The molecule has 2 heterocycles. The first-order valence-corrected chi connectivity index (χ1v) is 13.6. The van der Waals surface area contributed by atoms with E-state index in [4.69, 9.17) is 21.5 Å². The Morgan fingerprint density at radius 3 is 2.20 bits per heavy atom. The molecule has 1 saturated heterocycles. The lowest BCUT2D eigenvalue weighted by atomic mass is 10.1. The summed E-state index contributed by atoms with van der Waals surface area (Å²) in [5, 5.41) is 8.38. The molecule has 0 radical (unpaired) electrons. The molecule has 1 aliphatic heterocycles. The van der Waals surface area contributed by atoms with E-state index in [1.807, 2.05) is 36.9 Å². The fraction of sp³-hybridized carbons (Fsp3) is 0.552. The molecule has 40 heavy (non-hydrogen) atoms. The van der Waals surface area contributed by atoms with E-state index >= 15 is 0 Å². The molecular formula is C29H50F2N6O3. The first kappa shape index (κ1) is 38.8. The Morgan fingerprint density at radius 1 is 1.15 bits per heavy atom. The third kappa shape index (κ3) is 14.2. The van der Waals surface area contributed by atoms with Crippen molar-refractivity contribution < 1.29 is 23.5 Å². The van der Waals surface area contributed by atoms with Crippen LogP contribution in [0.4, 0.5) is 14.5 Å². The van der Waals surface area contributed by atoms with Gasteiger partial charge in [0.15, 0.2) is 0 Å². The predicted octanol–water partition coefficient (Wildman–Crippen LogP) is 4.65. The summed E-state index contributed by atoms with van der Waals surface area (Å²) in [5.41, 5.74) is 8.63. The van der Waals surface area contributed by atoms with E-state index in [2.05, 4.69) is 11.9 Å². The van der Waals surface area contributed by atoms with Gasteiger partial charge in [-0.2, -0.15) is 0 Å². The molecule has 9 nitrogen and oxygen atoms in total. The number of hydrogen-bond donors (Lipinski definition) is 3. The number of halogens is 2. The first-order valence-electron chi connectivity index (χ1n) is 13.6. The Bertz CT molecular complexity index is 930.